The van der Waals surface area contributed by atoms with E-state index in [2.05, 4.69) is 42.5 Å². The number of hydrogen-bond acceptors (Lipinski definition) is 4. The smallest absolute Gasteiger partial charge is 0.271 e. The van der Waals surface area contributed by atoms with Crippen LogP contribution in [0.2, 0.25) is 0 Å². The van der Waals surface area contributed by atoms with E-state index in [4.69, 9.17) is 9.73 Å². The van der Waals surface area contributed by atoms with Crippen LogP contribution in [-0.2, 0) is 13.0 Å². The minimum atomic E-state index is -0.340. The van der Waals surface area contributed by atoms with Crippen LogP contribution in [0, 0.1) is 5.82 Å². The highest BCUT2D eigenvalue weighted by Crippen LogP contribution is 2.41. The molecule has 0 saturated carbocycles. The van der Waals surface area contributed by atoms with Crippen molar-refractivity contribution in [1.82, 2.24) is 4.57 Å². The lowest BCUT2D eigenvalue weighted by molar-refractivity contribution is 0.307. The number of nitrogens with zero attached hydrogens (tertiary/aromatic N) is 2. The third-order valence-corrected chi connectivity index (χ3v) is 9.47. The molecular weight excluding hydrogens is 567 g/mol. The lowest BCUT2D eigenvalue weighted by Gasteiger charge is -2.30. The summed E-state index contributed by atoms with van der Waals surface area (Å²) in [5.74, 6) is 0.433. The molecule has 0 saturated heterocycles. The van der Waals surface area contributed by atoms with Crippen molar-refractivity contribution >= 4 is 33.9 Å². The molecule has 0 radical (unpaired) electrons. The highest BCUT2D eigenvalue weighted by molar-refractivity contribution is 7.07. The Labute approximate surface area is 257 Å². The molecule has 6 aromatic rings. The van der Waals surface area contributed by atoms with Gasteiger partial charge in [-0.3, -0.25) is 9.36 Å². The highest BCUT2D eigenvalue weighted by atomic mass is 32.1. The van der Waals surface area contributed by atoms with Crippen molar-refractivity contribution in [3.63, 3.8) is 0 Å². The molecule has 1 atom stereocenters. The van der Waals surface area contributed by atoms with Gasteiger partial charge in [0.05, 0.1) is 16.3 Å². The van der Waals surface area contributed by atoms with Gasteiger partial charge in [0.15, 0.2) is 4.80 Å². The molecule has 1 aliphatic carbocycles. The Kier molecular flexibility index (Phi) is 6.57. The lowest BCUT2D eigenvalue weighted by Crippen LogP contribution is -2.38. The van der Waals surface area contributed by atoms with E-state index in [-0.39, 0.29) is 17.4 Å². The van der Waals surface area contributed by atoms with Gasteiger partial charge < -0.3 is 4.74 Å². The first-order valence-electron chi connectivity index (χ1n) is 14.7. The quantitative estimate of drug-likeness (QED) is 0.212. The molecule has 4 nitrogen and oxygen atoms in total. The van der Waals surface area contributed by atoms with Crippen LogP contribution in [0.25, 0.3) is 22.5 Å². The Morgan fingerprint density at radius 3 is 2.59 bits per heavy atom. The fraction of sp³-hybridized carbons (Fsp3) is 0.105. The summed E-state index contributed by atoms with van der Waals surface area (Å²) >= 11 is 1.39. The molecule has 5 aromatic carbocycles. The average Bonchev–Trinajstić information content (AvgIpc) is 3.37. The van der Waals surface area contributed by atoms with Crippen LogP contribution in [-0.4, -0.2) is 4.57 Å². The minimum Gasteiger partial charge on any atom is -0.489 e. The third kappa shape index (κ3) is 4.68. The molecule has 1 aliphatic heterocycles. The number of benzene rings is 5. The molecule has 8 rings (SSSR count). The maximum atomic E-state index is 14.1. The number of halogens is 1. The SMILES string of the molecule is O=c1/c(=C\c2cccc(OCc3cccc4ccccc34)c2)sc2n1[C@H](c1ccc(F)cc1)C1=C(N=2)c2ccccc2CC1. The van der Waals surface area contributed by atoms with Gasteiger partial charge in [-0.15, -0.1) is 0 Å². The first kappa shape index (κ1) is 26.5. The first-order chi connectivity index (χ1) is 21.6. The highest BCUT2D eigenvalue weighted by Gasteiger charge is 2.32. The Hall–Kier alpha value is -5.07. The van der Waals surface area contributed by atoms with Crippen molar-refractivity contribution in [1.29, 1.82) is 0 Å². The second-order valence-corrected chi connectivity index (χ2v) is 12.2. The van der Waals surface area contributed by atoms with Gasteiger partial charge in [0, 0.05) is 5.56 Å². The van der Waals surface area contributed by atoms with Crippen molar-refractivity contribution in [2.75, 3.05) is 0 Å². The van der Waals surface area contributed by atoms with E-state index in [0.29, 0.717) is 15.9 Å². The normalized spacial score (nSPS) is 15.8. The predicted octanol–water partition coefficient (Wildman–Crippen LogP) is 7.19. The molecule has 0 unspecified atom stereocenters. The van der Waals surface area contributed by atoms with E-state index in [9.17, 15) is 9.18 Å². The van der Waals surface area contributed by atoms with Gasteiger partial charge in [-0.1, -0.05) is 102 Å². The van der Waals surface area contributed by atoms with Gasteiger partial charge in [0.1, 0.15) is 18.2 Å². The summed E-state index contributed by atoms with van der Waals surface area (Å²) in [6.45, 7) is 0.442. The summed E-state index contributed by atoms with van der Waals surface area (Å²) in [5, 5.41) is 2.36. The fourth-order valence-electron chi connectivity index (χ4n) is 6.39. The number of hydrogen-bond donors (Lipinski definition) is 0. The van der Waals surface area contributed by atoms with Crippen LogP contribution in [0.5, 0.6) is 5.75 Å². The minimum absolute atomic E-state index is 0.101. The summed E-state index contributed by atoms with van der Waals surface area (Å²) in [7, 11) is 0. The number of fused-ring (bicyclic) bond motifs is 4. The molecule has 0 fully saturated rings. The average molecular weight is 595 g/mol. The number of thiazole rings is 1. The van der Waals surface area contributed by atoms with Crippen LogP contribution in [0.1, 0.15) is 40.3 Å². The zero-order valence-corrected chi connectivity index (χ0v) is 24.6. The van der Waals surface area contributed by atoms with E-state index in [1.165, 1.54) is 39.8 Å². The van der Waals surface area contributed by atoms with E-state index in [0.717, 1.165) is 52.1 Å². The van der Waals surface area contributed by atoms with Crippen LogP contribution in [0.15, 0.2) is 131 Å². The number of aromatic nitrogens is 1. The topological polar surface area (TPSA) is 43.6 Å². The van der Waals surface area contributed by atoms with Crippen molar-refractivity contribution in [3.05, 3.63) is 174 Å². The molecule has 214 valence electrons. The Bertz CT molecular complexity index is 2280. The molecule has 2 aliphatic rings. The maximum Gasteiger partial charge on any atom is 0.271 e. The summed E-state index contributed by atoms with van der Waals surface area (Å²) in [6, 6.07) is 36.8. The fourth-order valence-corrected chi connectivity index (χ4v) is 7.39. The summed E-state index contributed by atoms with van der Waals surface area (Å²) in [5.41, 5.74) is 7.16. The molecular formula is C38H27FN2O2S. The second kappa shape index (κ2) is 10.9. The van der Waals surface area contributed by atoms with Crippen molar-refractivity contribution in [2.24, 2.45) is 4.99 Å². The Morgan fingerprint density at radius 1 is 0.886 bits per heavy atom. The number of rotatable bonds is 5. The molecule has 6 heteroatoms. The van der Waals surface area contributed by atoms with E-state index >= 15 is 0 Å². The molecule has 2 heterocycles. The van der Waals surface area contributed by atoms with Gasteiger partial charge in [-0.25, -0.2) is 9.38 Å². The zero-order chi connectivity index (χ0) is 29.6. The van der Waals surface area contributed by atoms with E-state index < -0.39 is 0 Å². The van der Waals surface area contributed by atoms with Crippen molar-refractivity contribution in [3.8, 4) is 5.75 Å². The largest absolute Gasteiger partial charge is 0.489 e. The van der Waals surface area contributed by atoms with Gasteiger partial charge in [-0.2, -0.15) is 0 Å². The number of allylic oxidation sites excluding steroid dienone is 1. The Morgan fingerprint density at radius 2 is 1.68 bits per heavy atom. The lowest BCUT2D eigenvalue weighted by atomic mass is 9.83. The molecule has 0 amide bonds. The van der Waals surface area contributed by atoms with Gasteiger partial charge in [0.2, 0.25) is 0 Å². The second-order valence-electron chi connectivity index (χ2n) is 11.2. The molecule has 0 bridgehead atoms. The molecule has 0 spiro atoms. The van der Waals surface area contributed by atoms with Crippen LogP contribution in [0.3, 0.4) is 0 Å². The van der Waals surface area contributed by atoms with Crippen molar-refractivity contribution < 1.29 is 9.13 Å². The van der Waals surface area contributed by atoms with Gasteiger partial charge in [-0.05, 0) is 81.8 Å². The summed E-state index contributed by atoms with van der Waals surface area (Å²) in [6.07, 6.45) is 3.57. The van der Waals surface area contributed by atoms with Gasteiger partial charge >= 0.3 is 0 Å². The zero-order valence-electron chi connectivity index (χ0n) is 23.7. The van der Waals surface area contributed by atoms with Crippen LogP contribution < -0.4 is 19.6 Å². The molecule has 44 heavy (non-hydrogen) atoms. The van der Waals surface area contributed by atoms with Gasteiger partial charge in [0.25, 0.3) is 5.56 Å². The number of aryl methyl sites for hydroxylation is 1. The maximum absolute atomic E-state index is 14.1. The van der Waals surface area contributed by atoms with Crippen molar-refractivity contribution in [2.45, 2.75) is 25.5 Å². The molecule has 1 aromatic heterocycles. The first-order valence-corrected chi connectivity index (χ1v) is 15.5. The van der Waals surface area contributed by atoms with E-state index in [1.54, 1.807) is 16.7 Å². The third-order valence-electron chi connectivity index (χ3n) is 8.49. The van der Waals surface area contributed by atoms with Crippen LogP contribution >= 0.6 is 11.3 Å². The number of ether oxygens (including phenoxy) is 1. The summed E-state index contributed by atoms with van der Waals surface area (Å²) < 4.78 is 22.5. The summed E-state index contributed by atoms with van der Waals surface area (Å²) in [4.78, 5) is 19.8. The molecule has 0 N–H and O–H groups in total. The predicted molar refractivity (Wildman–Crippen MR) is 174 cm³/mol. The van der Waals surface area contributed by atoms with E-state index in [1.807, 2.05) is 54.6 Å². The monoisotopic (exact) mass is 594 g/mol. The van der Waals surface area contributed by atoms with Crippen LogP contribution in [0.4, 0.5) is 4.39 Å². The standard InChI is InChI=1S/C38H27FN2O2S/c39-29-18-15-27(16-19-29)36-33-20-17-26-9-2-4-14-32(26)35(33)40-38-41(36)37(42)34(44-38)22-24-7-5-12-30(21-24)43-23-28-11-6-10-25-8-1-3-13-31(25)28/h1-16,18-19,21-22,36H,17,20,23H2/b34-22+/t36-/m1/s1. The Balaban J connectivity index is 1.19.